The average molecular weight is 460 g/mol. The lowest BCUT2D eigenvalue weighted by Crippen LogP contribution is -2.42. The number of anilines is 1. The number of nitrogens with one attached hydrogen (secondary N) is 1. The van der Waals surface area contributed by atoms with Crippen LogP contribution < -0.4 is 5.32 Å². The minimum absolute atomic E-state index is 0.108. The molecule has 0 bridgehead atoms. The fourth-order valence-corrected chi connectivity index (χ4v) is 4.38. The number of fused-ring (bicyclic) bond motifs is 1. The molecule has 0 saturated carbocycles. The summed E-state index contributed by atoms with van der Waals surface area (Å²) in [5.74, 6) is -0.783. The van der Waals surface area contributed by atoms with Gasteiger partial charge in [-0.25, -0.2) is 4.98 Å². The van der Waals surface area contributed by atoms with Gasteiger partial charge in [-0.2, -0.15) is 0 Å². The number of ether oxygens (including phenoxy) is 1. The number of pyridine rings is 1. The van der Waals surface area contributed by atoms with Crippen molar-refractivity contribution in [2.24, 2.45) is 5.92 Å². The highest BCUT2D eigenvalue weighted by Crippen LogP contribution is 2.29. The van der Waals surface area contributed by atoms with Crippen LogP contribution >= 0.6 is 0 Å². The van der Waals surface area contributed by atoms with Crippen LogP contribution in [0.3, 0.4) is 0 Å². The van der Waals surface area contributed by atoms with Crippen LogP contribution in [0, 0.1) is 12.8 Å². The van der Waals surface area contributed by atoms with E-state index < -0.39 is 0 Å². The summed E-state index contributed by atoms with van der Waals surface area (Å²) in [5, 5.41) is 3.55. The largest absolute Gasteiger partial charge is 0.466 e. The van der Waals surface area contributed by atoms with Crippen molar-refractivity contribution in [1.82, 2.24) is 9.88 Å². The van der Waals surface area contributed by atoms with Crippen LogP contribution in [0.1, 0.15) is 42.6 Å². The van der Waals surface area contributed by atoms with Gasteiger partial charge in [-0.3, -0.25) is 14.4 Å². The van der Waals surface area contributed by atoms with Gasteiger partial charge in [0.1, 0.15) is 0 Å². The van der Waals surface area contributed by atoms with E-state index in [0.717, 1.165) is 34.9 Å². The van der Waals surface area contributed by atoms with Crippen LogP contribution in [0.25, 0.3) is 22.2 Å². The molecule has 0 spiro atoms. The van der Waals surface area contributed by atoms with E-state index in [1.807, 2.05) is 55.5 Å². The van der Waals surface area contributed by atoms with Gasteiger partial charge in [0.15, 0.2) is 0 Å². The minimum atomic E-state index is -0.298. The number of aryl methyl sites for hydroxylation is 1. The summed E-state index contributed by atoms with van der Waals surface area (Å²) in [6, 6.07) is 15.1. The number of hydrogen-bond acceptors (Lipinski definition) is 5. The molecule has 176 valence electrons. The predicted octanol–water partition coefficient (Wildman–Crippen LogP) is 4.58. The minimum Gasteiger partial charge on any atom is -0.466 e. The Labute approximate surface area is 199 Å². The molecule has 2 heterocycles. The van der Waals surface area contributed by atoms with Crippen LogP contribution in [-0.2, 0) is 14.3 Å². The predicted molar refractivity (Wildman–Crippen MR) is 131 cm³/mol. The molecule has 1 aliphatic heterocycles. The number of benzene rings is 2. The number of likely N-dealkylation sites (tertiary alicyclic amines) is 1. The molecule has 1 N–H and O–H groups in total. The topological polar surface area (TPSA) is 88.6 Å². The molecule has 3 aromatic rings. The number of carbonyl (C=O) groups is 3. The molecule has 1 saturated heterocycles. The first-order chi connectivity index (χ1) is 16.4. The maximum Gasteiger partial charge on any atom is 0.310 e. The highest BCUT2D eigenvalue weighted by atomic mass is 16.5. The number of hydrogen-bond donors (Lipinski definition) is 1. The zero-order valence-electron chi connectivity index (χ0n) is 19.8. The molecule has 0 aliphatic carbocycles. The summed E-state index contributed by atoms with van der Waals surface area (Å²) in [5.41, 5.74) is 4.55. The van der Waals surface area contributed by atoms with Crippen molar-refractivity contribution in [3.63, 3.8) is 0 Å². The van der Waals surface area contributed by atoms with Crippen molar-refractivity contribution in [2.45, 2.75) is 33.6 Å². The third-order valence-electron chi connectivity index (χ3n) is 6.02. The van der Waals surface area contributed by atoms with Gasteiger partial charge >= 0.3 is 5.97 Å². The number of esters is 1. The molecule has 7 nitrogen and oxygen atoms in total. The molecular formula is C27H29N3O4. The lowest BCUT2D eigenvalue weighted by Gasteiger charge is -2.32. The van der Waals surface area contributed by atoms with Crippen LogP contribution in [0.2, 0.25) is 0 Å². The Kier molecular flexibility index (Phi) is 6.91. The van der Waals surface area contributed by atoms with Gasteiger partial charge in [0, 0.05) is 36.7 Å². The highest BCUT2D eigenvalue weighted by molar-refractivity contribution is 6.07. The Hall–Kier alpha value is -3.74. The number of nitrogens with zero attached hydrogens (tertiary/aromatic N) is 2. The van der Waals surface area contributed by atoms with Gasteiger partial charge in [0.25, 0.3) is 5.91 Å². The molecule has 1 aliphatic rings. The molecule has 2 aromatic carbocycles. The third-order valence-corrected chi connectivity index (χ3v) is 6.02. The highest BCUT2D eigenvalue weighted by Gasteiger charge is 2.30. The molecule has 0 radical (unpaired) electrons. The molecule has 7 heteroatoms. The molecule has 2 amide bonds. The quantitative estimate of drug-likeness (QED) is 0.564. The second-order valence-electron chi connectivity index (χ2n) is 8.68. The van der Waals surface area contributed by atoms with Crippen molar-refractivity contribution < 1.29 is 19.1 Å². The smallest absolute Gasteiger partial charge is 0.310 e. The van der Waals surface area contributed by atoms with Crippen molar-refractivity contribution in [2.75, 3.05) is 25.0 Å². The number of carbonyl (C=O) groups excluding carboxylic acids is 3. The van der Waals surface area contributed by atoms with Crippen molar-refractivity contribution >= 4 is 34.4 Å². The number of amides is 2. The maximum absolute atomic E-state index is 13.7. The first-order valence-electron chi connectivity index (χ1n) is 11.6. The number of aromatic nitrogens is 1. The molecule has 4 rings (SSSR count). The monoisotopic (exact) mass is 459 g/mol. The van der Waals surface area contributed by atoms with E-state index in [1.54, 1.807) is 11.8 Å². The van der Waals surface area contributed by atoms with E-state index in [-0.39, 0.29) is 23.7 Å². The summed E-state index contributed by atoms with van der Waals surface area (Å²) in [4.78, 5) is 43.9. The van der Waals surface area contributed by atoms with Gasteiger partial charge in [-0.05, 0) is 57.0 Å². The van der Waals surface area contributed by atoms with Crippen LogP contribution in [0.5, 0.6) is 0 Å². The molecular weight excluding hydrogens is 430 g/mol. The third kappa shape index (κ3) is 5.09. The summed E-state index contributed by atoms with van der Waals surface area (Å²) >= 11 is 0. The van der Waals surface area contributed by atoms with Gasteiger partial charge in [-0.15, -0.1) is 0 Å². The number of rotatable bonds is 5. The van der Waals surface area contributed by atoms with E-state index in [4.69, 9.17) is 9.72 Å². The van der Waals surface area contributed by atoms with Crippen LogP contribution in [0.4, 0.5) is 5.69 Å². The second kappa shape index (κ2) is 10.0. The van der Waals surface area contributed by atoms with E-state index in [2.05, 4.69) is 5.32 Å². The zero-order chi connectivity index (χ0) is 24.2. The molecule has 1 atom stereocenters. The van der Waals surface area contributed by atoms with Gasteiger partial charge in [0.2, 0.25) is 5.91 Å². The molecule has 34 heavy (non-hydrogen) atoms. The molecule has 1 fully saturated rings. The fourth-order valence-electron chi connectivity index (χ4n) is 4.38. The summed E-state index contributed by atoms with van der Waals surface area (Å²) in [7, 11) is 0. The average Bonchev–Trinajstić information content (AvgIpc) is 2.83. The number of piperidine rings is 1. The zero-order valence-corrected chi connectivity index (χ0v) is 19.8. The maximum atomic E-state index is 13.7. The Morgan fingerprint density at radius 1 is 1.12 bits per heavy atom. The first-order valence-corrected chi connectivity index (χ1v) is 11.6. The lowest BCUT2D eigenvalue weighted by molar-refractivity contribution is -0.149. The van der Waals surface area contributed by atoms with Crippen LogP contribution in [-0.4, -0.2) is 47.4 Å². The Balaban J connectivity index is 1.71. The van der Waals surface area contributed by atoms with E-state index in [0.29, 0.717) is 36.6 Å². The van der Waals surface area contributed by atoms with E-state index in [1.165, 1.54) is 6.92 Å². The standard InChI is InChI=1S/C27H29N3O4/c1-4-34-27(33)20-6-5-13-30(16-20)26(32)23-15-25(29-24-12-7-17(2)14-22(23)24)19-8-10-21(11-9-19)28-18(3)31/h7-12,14-15,20H,4-6,13,16H2,1-3H3,(H,28,31)/t20-/m1/s1. The molecule has 1 aromatic heterocycles. The van der Waals surface area contributed by atoms with Gasteiger partial charge in [0.05, 0.1) is 29.3 Å². The Bertz CT molecular complexity index is 1240. The fraction of sp³-hybridized carbons (Fsp3) is 0.333. The van der Waals surface area contributed by atoms with E-state index >= 15 is 0 Å². The summed E-state index contributed by atoms with van der Waals surface area (Å²) < 4.78 is 5.20. The van der Waals surface area contributed by atoms with Crippen LogP contribution in [0.15, 0.2) is 48.5 Å². The van der Waals surface area contributed by atoms with Gasteiger partial charge in [-0.1, -0.05) is 23.8 Å². The first kappa shape index (κ1) is 23.4. The molecule has 0 unspecified atom stereocenters. The Morgan fingerprint density at radius 2 is 1.88 bits per heavy atom. The lowest BCUT2D eigenvalue weighted by atomic mass is 9.96. The summed E-state index contributed by atoms with van der Waals surface area (Å²) in [6.07, 6.45) is 1.49. The van der Waals surface area contributed by atoms with Crippen molar-refractivity contribution in [3.8, 4) is 11.3 Å². The van der Waals surface area contributed by atoms with E-state index in [9.17, 15) is 14.4 Å². The Morgan fingerprint density at radius 3 is 2.59 bits per heavy atom. The SMILES string of the molecule is CCOC(=O)[C@@H]1CCCN(C(=O)c2cc(-c3ccc(NC(C)=O)cc3)nc3ccc(C)cc23)C1. The van der Waals surface area contributed by atoms with Crippen molar-refractivity contribution in [1.29, 1.82) is 0 Å². The van der Waals surface area contributed by atoms with Gasteiger partial charge < -0.3 is 15.0 Å². The van der Waals surface area contributed by atoms with Crippen molar-refractivity contribution in [3.05, 3.63) is 59.7 Å². The normalized spacial score (nSPS) is 15.7. The second-order valence-corrected chi connectivity index (χ2v) is 8.68. The summed E-state index contributed by atoms with van der Waals surface area (Å²) in [6.45, 7) is 6.53.